The van der Waals surface area contributed by atoms with Gasteiger partial charge in [0.25, 0.3) is 0 Å². The Labute approximate surface area is 97.2 Å². The number of nitrogens with two attached hydrogens (primary N) is 1. The van der Waals surface area contributed by atoms with Gasteiger partial charge in [0.1, 0.15) is 0 Å². The minimum absolute atomic E-state index is 0.512. The van der Waals surface area contributed by atoms with Crippen molar-refractivity contribution in [3.63, 3.8) is 0 Å². The van der Waals surface area contributed by atoms with Crippen LogP contribution in [0.1, 0.15) is 12.5 Å². The highest BCUT2D eigenvalue weighted by Crippen LogP contribution is 2.11. The fourth-order valence-corrected chi connectivity index (χ4v) is 1.34. The first kappa shape index (κ1) is 12.3. The third kappa shape index (κ3) is 3.75. The molecule has 0 aliphatic carbocycles. The molecule has 0 saturated heterocycles. The second kappa shape index (κ2) is 6.64. The Morgan fingerprint density at radius 1 is 1.38 bits per heavy atom. The highest BCUT2D eigenvalue weighted by molar-refractivity contribution is 5.66. The molecule has 0 spiro atoms. The molecule has 0 fully saturated rings. The van der Waals surface area contributed by atoms with Crippen molar-refractivity contribution in [3.8, 4) is 0 Å². The molecule has 16 heavy (non-hydrogen) atoms. The number of benzene rings is 1. The van der Waals surface area contributed by atoms with E-state index in [0.29, 0.717) is 6.54 Å². The van der Waals surface area contributed by atoms with E-state index in [1.54, 1.807) is 6.08 Å². The molecule has 0 bridgehead atoms. The van der Waals surface area contributed by atoms with Gasteiger partial charge in [0.15, 0.2) is 0 Å². The maximum Gasteiger partial charge on any atom is 0.0198 e. The largest absolute Gasteiger partial charge is 0.365 e. The zero-order valence-corrected chi connectivity index (χ0v) is 9.61. The summed E-state index contributed by atoms with van der Waals surface area (Å²) < 4.78 is 0. The summed E-state index contributed by atoms with van der Waals surface area (Å²) in [5.74, 6) is 0. The molecule has 84 valence electrons. The van der Waals surface area contributed by atoms with Gasteiger partial charge in [-0.3, -0.25) is 0 Å². The normalized spacial score (nSPS) is 12.4. The van der Waals surface area contributed by atoms with Crippen molar-refractivity contribution in [1.29, 1.82) is 0 Å². The van der Waals surface area contributed by atoms with E-state index in [4.69, 9.17) is 5.73 Å². The Bertz CT molecular complexity index is 388. The van der Waals surface area contributed by atoms with Crippen LogP contribution in [0.3, 0.4) is 0 Å². The second-order valence-electron chi connectivity index (χ2n) is 3.47. The van der Waals surface area contributed by atoms with Crippen LogP contribution in [0.4, 0.5) is 0 Å². The molecule has 2 heteroatoms. The van der Waals surface area contributed by atoms with Gasteiger partial charge in [-0.15, -0.1) is 0 Å². The minimum Gasteiger partial charge on any atom is -0.365 e. The first-order valence-corrected chi connectivity index (χ1v) is 5.28. The molecule has 0 radical (unpaired) electrons. The average Bonchev–Trinajstić information content (AvgIpc) is 2.31. The molecular formula is C14H18N2. The summed E-state index contributed by atoms with van der Waals surface area (Å²) in [5.41, 5.74) is 8.98. The minimum atomic E-state index is 0.512. The topological polar surface area (TPSA) is 38.0 Å². The van der Waals surface area contributed by atoms with E-state index in [1.165, 1.54) is 0 Å². The summed E-state index contributed by atoms with van der Waals surface area (Å²) >= 11 is 0. The fourth-order valence-electron chi connectivity index (χ4n) is 1.34. The highest BCUT2D eigenvalue weighted by Gasteiger charge is 1.97. The fraction of sp³-hybridized carbons (Fsp3) is 0.143. The van der Waals surface area contributed by atoms with Crippen LogP contribution in [-0.2, 0) is 0 Å². The van der Waals surface area contributed by atoms with Crippen LogP contribution >= 0.6 is 0 Å². The predicted octanol–water partition coefficient (Wildman–Crippen LogP) is 2.67. The lowest BCUT2D eigenvalue weighted by molar-refractivity contribution is 1.05. The van der Waals surface area contributed by atoms with Gasteiger partial charge in [0.05, 0.1) is 0 Å². The van der Waals surface area contributed by atoms with Crippen LogP contribution in [0.15, 0.2) is 61.0 Å². The molecule has 1 aromatic rings. The van der Waals surface area contributed by atoms with E-state index in [-0.39, 0.29) is 0 Å². The van der Waals surface area contributed by atoms with Gasteiger partial charge in [-0.05, 0) is 24.1 Å². The lowest BCUT2D eigenvalue weighted by Gasteiger charge is -2.06. The van der Waals surface area contributed by atoms with Gasteiger partial charge in [0.2, 0.25) is 0 Å². The van der Waals surface area contributed by atoms with E-state index < -0.39 is 0 Å². The smallest absolute Gasteiger partial charge is 0.0198 e. The monoisotopic (exact) mass is 214 g/mol. The Balaban J connectivity index is 2.79. The molecule has 0 saturated carbocycles. The molecular weight excluding hydrogens is 196 g/mol. The van der Waals surface area contributed by atoms with E-state index in [9.17, 15) is 0 Å². The van der Waals surface area contributed by atoms with Crippen molar-refractivity contribution in [3.05, 3.63) is 66.5 Å². The molecule has 2 nitrogen and oxygen atoms in total. The van der Waals surface area contributed by atoms with Gasteiger partial charge in [-0.25, -0.2) is 0 Å². The van der Waals surface area contributed by atoms with E-state index >= 15 is 0 Å². The maximum atomic E-state index is 5.72. The molecule has 1 aromatic carbocycles. The Morgan fingerprint density at radius 2 is 2.06 bits per heavy atom. The molecule has 0 aliphatic rings. The molecule has 0 amide bonds. The quantitative estimate of drug-likeness (QED) is 0.739. The molecule has 1 rings (SSSR count). The Morgan fingerprint density at radius 3 is 2.62 bits per heavy atom. The average molecular weight is 214 g/mol. The lowest BCUT2D eigenvalue weighted by Crippen LogP contribution is -2.08. The second-order valence-corrected chi connectivity index (χ2v) is 3.47. The summed E-state index contributed by atoms with van der Waals surface area (Å²) in [6.07, 6.45) is 5.60. The van der Waals surface area contributed by atoms with Crippen molar-refractivity contribution in [2.75, 3.05) is 6.54 Å². The number of hydrogen-bond donors (Lipinski definition) is 2. The zero-order chi connectivity index (χ0) is 11.8. The number of allylic oxidation sites excluding steroid dienone is 3. The lowest BCUT2D eigenvalue weighted by atomic mass is 10.1. The summed E-state index contributed by atoms with van der Waals surface area (Å²) in [6.45, 7) is 6.14. The van der Waals surface area contributed by atoms with Crippen molar-refractivity contribution >= 4 is 5.57 Å². The van der Waals surface area contributed by atoms with Gasteiger partial charge in [0, 0.05) is 18.4 Å². The van der Waals surface area contributed by atoms with E-state index in [2.05, 4.69) is 11.9 Å². The maximum absolute atomic E-state index is 5.72. The molecule has 0 atom stereocenters. The van der Waals surface area contributed by atoms with Crippen LogP contribution in [0.25, 0.3) is 5.57 Å². The first-order chi connectivity index (χ1) is 7.77. The van der Waals surface area contributed by atoms with E-state index in [1.807, 2.05) is 49.5 Å². The van der Waals surface area contributed by atoms with Gasteiger partial charge >= 0.3 is 0 Å². The first-order valence-electron chi connectivity index (χ1n) is 5.28. The SMILES string of the molecule is C=C/C=C(\C)N/C=C(/CN)c1ccccc1. The zero-order valence-electron chi connectivity index (χ0n) is 9.61. The predicted molar refractivity (Wildman–Crippen MR) is 70.6 cm³/mol. The van der Waals surface area contributed by atoms with Crippen molar-refractivity contribution in [2.45, 2.75) is 6.92 Å². The van der Waals surface area contributed by atoms with Crippen molar-refractivity contribution in [2.24, 2.45) is 5.73 Å². The summed E-state index contributed by atoms with van der Waals surface area (Å²) in [5, 5.41) is 3.18. The summed E-state index contributed by atoms with van der Waals surface area (Å²) in [7, 11) is 0. The molecule has 0 unspecified atom stereocenters. The molecule has 3 N–H and O–H groups in total. The van der Waals surface area contributed by atoms with Crippen LogP contribution in [0, 0.1) is 0 Å². The van der Waals surface area contributed by atoms with Gasteiger partial charge in [-0.1, -0.05) is 43.0 Å². The number of hydrogen-bond acceptors (Lipinski definition) is 2. The van der Waals surface area contributed by atoms with Crippen LogP contribution in [0.2, 0.25) is 0 Å². The Kier molecular flexibility index (Phi) is 5.09. The van der Waals surface area contributed by atoms with Crippen LogP contribution in [-0.4, -0.2) is 6.54 Å². The number of nitrogens with one attached hydrogen (secondary N) is 1. The third-order valence-corrected chi connectivity index (χ3v) is 2.21. The summed E-state index contributed by atoms with van der Waals surface area (Å²) in [6, 6.07) is 10.1. The van der Waals surface area contributed by atoms with Crippen LogP contribution < -0.4 is 11.1 Å². The molecule has 0 heterocycles. The highest BCUT2D eigenvalue weighted by atomic mass is 14.8. The van der Waals surface area contributed by atoms with Gasteiger partial charge in [-0.2, -0.15) is 0 Å². The Hall–Kier alpha value is -1.80. The van der Waals surface area contributed by atoms with Crippen LogP contribution in [0.5, 0.6) is 0 Å². The molecule has 0 aromatic heterocycles. The molecule has 0 aliphatic heterocycles. The summed E-state index contributed by atoms with van der Waals surface area (Å²) in [4.78, 5) is 0. The van der Waals surface area contributed by atoms with Crippen molar-refractivity contribution < 1.29 is 0 Å². The van der Waals surface area contributed by atoms with Gasteiger partial charge < -0.3 is 11.1 Å². The van der Waals surface area contributed by atoms with E-state index in [0.717, 1.165) is 16.8 Å². The van der Waals surface area contributed by atoms with Crippen molar-refractivity contribution in [1.82, 2.24) is 5.32 Å². The number of rotatable bonds is 5. The standard InChI is InChI=1S/C14H18N2/c1-3-7-12(2)16-11-14(10-15)13-8-5-4-6-9-13/h3-9,11,16H,1,10,15H2,2H3/b12-7+,14-11-. The third-order valence-electron chi connectivity index (χ3n) is 2.21.